The predicted octanol–water partition coefficient (Wildman–Crippen LogP) is 12.9. The number of hydrogen-bond acceptors (Lipinski definition) is 2. The van der Waals surface area contributed by atoms with Gasteiger partial charge in [-0.3, -0.25) is 0 Å². The zero-order valence-corrected chi connectivity index (χ0v) is 29.6. The number of pyridine rings is 1. The number of rotatable bonds is 3. The fraction of sp³-hybridized carbons (Fsp3) is 0.0784. The maximum absolute atomic E-state index is 7.17. The van der Waals surface area contributed by atoms with E-state index in [0.29, 0.717) is 0 Å². The van der Waals surface area contributed by atoms with Crippen LogP contribution in [0.2, 0.25) is 0 Å². The van der Waals surface area contributed by atoms with Crippen LogP contribution in [-0.4, -0.2) is 4.98 Å². The molecule has 0 unspecified atom stereocenters. The first-order valence-electron chi connectivity index (χ1n) is 18.5. The fourth-order valence-electron chi connectivity index (χ4n) is 9.71. The number of aromatic nitrogens is 1. The van der Waals surface area contributed by atoms with E-state index in [1.54, 1.807) is 0 Å². The number of benzene rings is 7. The van der Waals surface area contributed by atoms with Crippen molar-refractivity contribution in [3.05, 3.63) is 209 Å². The molecule has 1 aromatic heterocycles. The van der Waals surface area contributed by atoms with Crippen LogP contribution in [0.4, 0.5) is 0 Å². The van der Waals surface area contributed by atoms with Crippen molar-refractivity contribution < 1.29 is 4.74 Å². The monoisotopic (exact) mass is 677 g/mol. The molecule has 0 amide bonds. The van der Waals surface area contributed by atoms with Gasteiger partial charge in [-0.15, -0.1) is 0 Å². The summed E-state index contributed by atoms with van der Waals surface area (Å²) in [5.74, 6) is 1.86. The summed E-state index contributed by atoms with van der Waals surface area (Å²) >= 11 is 0. The molecule has 2 heteroatoms. The molecule has 0 saturated carbocycles. The molecule has 0 atom stereocenters. The predicted molar refractivity (Wildman–Crippen MR) is 215 cm³/mol. The van der Waals surface area contributed by atoms with E-state index in [4.69, 9.17) is 9.72 Å². The Hall–Kier alpha value is -6.51. The molecule has 53 heavy (non-hydrogen) atoms. The molecule has 250 valence electrons. The van der Waals surface area contributed by atoms with Gasteiger partial charge in [0, 0.05) is 33.2 Å². The van der Waals surface area contributed by atoms with Gasteiger partial charge >= 0.3 is 0 Å². The Balaban J connectivity index is 1.19. The Morgan fingerprint density at radius 1 is 0.415 bits per heavy atom. The van der Waals surface area contributed by atoms with E-state index in [9.17, 15) is 0 Å². The van der Waals surface area contributed by atoms with Crippen molar-refractivity contribution in [1.29, 1.82) is 0 Å². The van der Waals surface area contributed by atoms with E-state index in [0.717, 1.165) is 39.6 Å². The third-order valence-corrected chi connectivity index (χ3v) is 11.9. The number of fused-ring (bicyclic) bond motifs is 13. The smallest absolute Gasteiger partial charge is 0.140 e. The molecule has 0 bridgehead atoms. The average molecular weight is 678 g/mol. The summed E-state index contributed by atoms with van der Waals surface area (Å²) in [6.07, 6.45) is 0. The standard InChI is InChI=1S/C51H35NO/c1-50(2)42-28-29-43-49(53-46-27-14-13-26-41(46)51(43)39-24-11-9-20-35(39)36-21-10-12-25-40(36)51)47(42)38-23-15-22-37(48(38)50)45-31-34(32-16-5-3-6-17-32)30-44(52-45)33-18-7-4-8-19-33/h3-31H,1-2H3. The van der Waals surface area contributed by atoms with Crippen molar-refractivity contribution in [1.82, 2.24) is 4.98 Å². The van der Waals surface area contributed by atoms with E-state index in [-0.39, 0.29) is 5.41 Å². The molecule has 1 spiro atoms. The van der Waals surface area contributed by atoms with Crippen LogP contribution in [-0.2, 0) is 10.8 Å². The van der Waals surface area contributed by atoms with Crippen LogP contribution in [0.15, 0.2) is 176 Å². The molecule has 1 aliphatic heterocycles. The SMILES string of the molecule is CC1(C)c2ccc3c(c2-c2cccc(-c4cc(-c5ccccc5)cc(-c5ccccc5)n4)c21)Oc1ccccc1C31c2ccccc2-c2ccccc21. The van der Waals surface area contributed by atoms with Gasteiger partial charge in [0.05, 0.1) is 16.8 Å². The van der Waals surface area contributed by atoms with Gasteiger partial charge in [0.15, 0.2) is 0 Å². The summed E-state index contributed by atoms with van der Waals surface area (Å²) in [5.41, 5.74) is 18.2. The van der Waals surface area contributed by atoms with Crippen molar-refractivity contribution in [2.24, 2.45) is 0 Å². The first kappa shape index (κ1) is 30.1. The van der Waals surface area contributed by atoms with Crippen LogP contribution >= 0.6 is 0 Å². The fourth-order valence-corrected chi connectivity index (χ4v) is 9.71. The highest BCUT2D eigenvalue weighted by molar-refractivity contribution is 5.96. The molecule has 0 fully saturated rings. The second kappa shape index (κ2) is 11.0. The molecule has 2 aliphatic carbocycles. The van der Waals surface area contributed by atoms with Crippen LogP contribution in [0, 0.1) is 0 Å². The Kier molecular flexibility index (Phi) is 6.25. The minimum absolute atomic E-state index is 0.313. The van der Waals surface area contributed by atoms with E-state index in [1.165, 1.54) is 61.2 Å². The topological polar surface area (TPSA) is 22.1 Å². The summed E-state index contributed by atoms with van der Waals surface area (Å²) in [7, 11) is 0. The first-order valence-corrected chi connectivity index (χ1v) is 18.5. The Bertz CT molecular complexity index is 2670. The molecule has 2 heterocycles. The summed E-state index contributed by atoms with van der Waals surface area (Å²) < 4.78 is 7.17. The van der Waals surface area contributed by atoms with Gasteiger partial charge in [-0.05, 0) is 68.3 Å². The van der Waals surface area contributed by atoms with Gasteiger partial charge in [0.25, 0.3) is 0 Å². The van der Waals surface area contributed by atoms with Gasteiger partial charge in [0.2, 0.25) is 0 Å². The van der Waals surface area contributed by atoms with Gasteiger partial charge in [0.1, 0.15) is 11.5 Å². The third-order valence-electron chi connectivity index (χ3n) is 11.9. The van der Waals surface area contributed by atoms with E-state index >= 15 is 0 Å². The van der Waals surface area contributed by atoms with Crippen LogP contribution in [0.1, 0.15) is 47.2 Å². The Morgan fingerprint density at radius 3 is 1.68 bits per heavy atom. The molecule has 3 aliphatic rings. The molecular formula is C51H35NO. The highest BCUT2D eigenvalue weighted by Gasteiger charge is 2.53. The van der Waals surface area contributed by atoms with Crippen molar-refractivity contribution in [3.63, 3.8) is 0 Å². The minimum Gasteiger partial charge on any atom is -0.456 e. The first-order chi connectivity index (χ1) is 26.0. The second-order valence-corrected chi connectivity index (χ2v) is 15.0. The second-order valence-electron chi connectivity index (χ2n) is 15.0. The normalized spacial score (nSPS) is 14.7. The van der Waals surface area contributed by atoms with Crippen LogP contribution in [0.25, 0.3) is 55.9 Å². The van der Waals surface area contributed by atoms with Crippen molar-refractivity contribution >= 4 is 0 Å². The van der Waals surface area contributed by atoms with Crippen molar-refractivity contribution in [3.8, 4) is 67.4 Å². The maximum atomic E-state index is 7.17. The number of hydrogen-bond donors (Lipinski definition) is 0. The van der Waals surface area contributed by atoms with Gasteiger partial charge in [-0.1, -0.05) is 172 Å². The van der Waals surface area contributed by atoms with E-state index in [2.05, 4.69) is 190 Å². The largest absolute Gasteiger partial charge is 0.456 e. The molecule has 0 radical (unpaired) electrons. The van der Waals surface area contributed by atoms with E-state index in [1.807, 2.05) is 0 Å². The molecular weight excluding hydrogens is 643 g/mol. The molecule has 0 saturated heterocycles. The molecule has 7 aromatic carbocycles. The number of nitrogens with zero attached hydrogens (tertiary/aromatic N) is 1. The Labute approximate surface area is 310 Å². The summed E-state index contributed by atoms with van der Waals surface area (Å²) in [4.78, 5) is 5.40. The number of para-hydroxylation sites is 1. The van der Waals surface area contributed by atoms with Crippen molar-refractivity contribution in [2.45, 2.75) is 24.7 Å². The Morgan fingerprint density at radius 2 is 0.962 bits per heavy atom. The zero-order valence-electron chi connectivity index (χ0n) is 29.6. The van der Waals surface area contributed by atoms with Crippen LogP contribution in [0.3, 0.4) is 0 Å². The lowest BCUT2D eigenvalue weighted by Gasteiger charge is -2.40. The lowest BCUT2D eigenvalue weighted by atomic mass is 9.65. The van der Waals surface area contributed by atoms with Gasteiger partial charge in [-0.25, -0.2) is 4.98 Å². The highest BCUT2D eigenvalue weighted by Crippen LogP contribution is 2.66. The zero-order chi connectivity index (χ0) is 35.3. The highest BCUT2D eigenvalue weighted by atomic mass is 16.5. The number of ether oxygens (including phenoxy) is 1. The maximum Gasteiger partial charge on any atom is 0.140 e. The average Bonchev–Trinajstić information content (AvgIpc) is 3.64. The summed E-state index contributed by atoms with van der Waals surface area (Å²) in [5, 5.41) is 0. The molecule has 2 nitrogen and oxygen atoms in total. The molecule has 8 aromatic rings. The summed E-state index contributed by atoms with van der Waals surface area (Å²) in [6, 6.07) is 63.7. The molecule has 11 rings (SSSR count). The van der Waals surface area contributed by atoms with Gasteiger partial charge < -0.3 is 4.74 Å². The minimum atomic E-state index is -0.507. The lowest BCUT2D eigenvalue weighted by molar-refractivity contribution is 0.437. The lowest BCUT2D eigenvalue weighted by Crippen LogP contribution is -2.32. The van der Waals surface area contributed by atoms with Crippen molar-refractivity contribution in [2.75, 3.05) is 0 Å². The van der Waals surface area contributed by atoms with Crippen LogP contribution < -0.4 is 4.74 Å². The summed E-state index contributed by atoms with van der Waals surface area (Å²) in [6.45, 7) is 4.72. The quantitative estimate of drug-likeness (QED) is 0.186. The van der Waals surface area contributed by atoms with Crippen LogP contribution in [0.5, 0.6) is 11.5 Å². The van der Waals surface area contributed by atoms with Gasteiger partial charge in [-0.2, -0.15) is 0 Å². The third kappa shape index (κ3) is 4.06. The molecule has 0 N–H and O–H groups in total. The van der Waals surface area contributed by atoms with E-state index < -0.39 is 5.41 Å².